The third-order valence-corrected chi connectivity index (χ3v) is 5.65. The van der Waals surface area contributed by atoms with Crippen molar-refractivity contribution in [3.05, 3.63) is 59.2 Å². The van der Waals surface area contributed by atoms with Crippen LogP contribution in [0.1, 0.15) is 35.6 Å². The number of hydrogen-bond donors (Lipinski definition) is 1. The van der Waals surface area contributed by atoms with Crippen LogP contribution in [0.2, 0.25) is 0 Å². The second kappa shape index (κ2) is 7.59. The first kappa shape index (κ1) is 17.8. The molecule has 140 valence electrons. The summed E-state index contributed by atoms with van der Waals surface area (Å²) < 4.78 is 12.0. The van der Waals surface area contributed by atoms with Crippen LogP contribution in [0, 0.1) is 11.3 Å². The summed E-state index contributed by atoms with van der Waals surface area (Å²) in [5.74, 6) is 1.26. The van der Waals surface area contributed by atoms with Gasteiger partial charge >= 0.3 is 0 Å². The summed E-state index contributed by atoms with van der Waals surface area (Å²) in [6, 6.07) is 16.4. The van der Waals surface area contributed by atoms with E-state index in [1.54, 1.807) is 19.2 Å². The largest absolute Gasteiger partial charge is 0.493 e. The van der Waals surface area contributed by atoms with Crippen molar-refractivity contribution in [2.24, 2.45) is 5.73 Å². The number of nitriles is 1. The first-order valence-corrected chi connectivity index (χ1v) is 9.52. The Morgan fingerprint density at radius 1 is 1.19 bits per heavy atom. The fourth-order valence-electron chi connectivity index (χ4n) is 4.31. The second-order valence-electron chi connectivity index (χ2n) is 7.38. The van der Waals surface area contributed by atoms with Gasteiger partial charge in [0, 0.05) is 18.7 Å². The van der Waals surface area contributed by atoms with E-state index in [4.69, 9.17) is 20.5 Å². The number of methoxy groups -OCH3 is 1. The van der Waals surface area contributed by atoms with Crippen molar-refractivity contribution >= 4 is 0 Å². The molecule has 0 spiro atoms. The molecular formula is C22H25N3O2. The van der Waals surface area contributed by atoms with Gasteiger partial charge in [0.15, 0.2) is 11.5 Å². The van der Waals surface area contributed by atoms with Crippen LogP contribution in [-0.2, 0) is 6.42 Å². The summed E-state index contributed by atoms with van der Waals surface area (Å²) in [5, 5.41) is 9.14. The van der Waals surface area contributed by atoms with Crippen LogP contribution in [0.3, 0.4) is 0 Å². The number of hydrogen-bond acceptors (Lipinski definition) is 5. The normalized spacial score (nSPS) is 24.9. The van der Waals surface area contributed by atoms with Gasteiger partial charge in [-0.25, -0.2) is 0 Å². The van der Waals surface area contributed by atoms with Crippen LogP contribution in [0.4, 0.5) is 0 Å². The molecule has 2 aromatic carbocycles. The summed E-state index contributed by atoms with van der Waals surface area (Å²) in [6.45, 7) is 1.96. The van der Waals surface area contributed by atoms with Crippen LogP contribution in [-0.4, -0.2) is 37.2 Å². The number of ether oxygens (including phenoxy) is 2. The zero-order chi connectivity index (χ0) is 18.8. The average Bonchev–Trinajstić information content (AvgIpc) is 3.07. The fraction of sp³-hybridized carbons (Fsp3) is 0.409. The molecule has 2 aliphatic rings. The Morgan fingerprint density at radius 3 is 2.81 bits per heavy atom. The van der Waals surface area contributed by atoms with Gasteiger partial charge in [-0.2, -0.15) is 5.26 Å². The van der Waals surface area contributed by atoms with Gasteiger partial charge in [-0.15, -0.1) is 0 Å². The molecule has 0 amide bonds. The summed E-state index contributed by atoms with van der Waals surface area (Å²) >= 11 is 0. The maximum Gasteiger partial charge on any atom is 0.162 e. The standard InChI is InChI=1S/C22H25N3O2/c1-26-21-11-15(13-23)8-9-20(21)27-22-18-7-3-2-5-16(18)12-19(22)25-10-4-6-17(24)14-25/h2-3,5,7-9,11,17,19,22H,4,6,10,12,14,24H2,1H3/t17-,19-,22-/m1/s1. The van der Waals surface area contributed by atoms with Gasteiger partial charge < -0.3 is 15.2 Å². The number of fused-ring (bicyclic) bond motifs is 1. The smallest absolute Gasteiger partial charge is 0.162 e. The lowest BCUT2D eigenvalue weighted by molar-refractivity contribution is 0.0577. The minimum absolute atomic E-state index is 0.0756. The summed E-state index contributed by atoms with van der Waals surface area (Å²) in [5.41, 5.74) is 9.36. The number of piperidine rings is 1. The number of nitrogens with two attached hydrogens (primary N) is 1. The molecule has 2 N–H and O–H groups in total. The molecule has 0 radical (unpaired) electrons. The lowest BCUT2D eigenvalue weighted by Gasteiger charge is -2.38. The molecule has 1 aliphatic heterocycles. The van der Waals surface area contributed by atoms with Crippen molar-refractivity contribution in [2.75, 3.05) is 20.2 Å². The van der Waals surface area contributed by atoms with Crippen LogP contribution in [0.25, 0.3) is 0 Å². The minimum atomic E-state index is -0.0756. The Kier molecular flexibility index (Phi) is 5.02. The molecule has 27 heavy (non-hydrogen) atoms. The van der Waals surface area contributed by atoms with Crippen molar-refractivity contribution in [3.63, 3.8) is 0 Å². The van der Waals surface area contributed by atoms with Crippen molar-refractivity contribution in [1.29, 1.82) is 5.26 Å². The van der Waals surface area contributed by atoms with E-state index < -0.39 is 0 Å². The Hall–Kier alpha value is -2.55. The molecule has 3 atom stereocenters. The summed E-state index contributed by atoms with van der Waals surface area (Å²) in [4.78, 5) is 2.48. The lowest BCUT2D eigenvalue weighted by Crippen LogP contribution is -2.49. The Bertz CT molecular complexity index is 861. The van der Waals surface area contributed by atoms with E-state index >= 15 is 0 Å². The van der Waals surface area contributed by atoms with Crippen LogP contribution >= 0.6 is 0 Å². The van der Waals surface area contributed by atoms with E-state index in [0.29, 0.717) is 17.1 Å². The number of benzene rings is 2. The first-order valence-electron chi connectivity index (χ1n) is 9.52. The fourth-order valence-corrected chi connectivity index (χ4v) is 4.31. The lowest BCUT2D eigenvalue weighted by atomic mass is 10.0. The zero-order valence-corrected chi connectivity index (χ0v) is 15.6. The molecule has 0 bridgehead atoms. The summed E-state index contributed by atoms with van der Waals surface area (Å²) in [7, 11) is 1.60. The van der Waals surface area contributed by atoms with E-state index in [1.807, 2.05) is 6.07 Å². The van der Waals surface area contributed by atoms with Gasteiger partial charge in [-0.3, -0.25) is 4.90 Å². The van der Waals surface area contributed by atoms with Gasteiger partial charge in [-0.1, -0.05) is 24.3 Å². The van der Waals surface area contributed by atoms with Crippen molar-refractivity contribution < 1.29 is 9.47 Å². The van der Waals surface area contributed by atoms with Gasteiger partial charge in [-0.05, 0) is 49.1 Å². The van der Waals surface area contributed by atoms with Gasteiger partial charge in [0.05, 0.1) is 24.8 Å². The number of likely N-dealkylation sites (tertiary alicyclic amines) is 1. The van der Waals surface area contributed by atoms with Gasteiger partial charge in [0.1, 0.15) is 6.10 Å². The molecule has 1 aliphatic carbocycles. The quantitative estimate of drug-likeness (QED) is 0.904. The predicted octanol–water partition coefficient (Wildman–Crippen LogP) is 3.03. The molecule has 2 aromatic rings. The Balaban J connectivity index is 1.66. The highest BCUT2D eigenvalue weighted by Crippen LogP contribution is 2.41. The Morgan fingerprint density at radius 2 is 2.04 bits per heavy atom. The third-order valence-electron chi connectivity index (χ3n) is 5.65. The molecular weight excluding hydrogens is 338 g/mol. The number of nitrogens with zero attached hydrogens (tertiary/aromatic N) is 2. The third kappa shape index (κ3) is 3.51. The van der Waals surface area contributed by atoms with Crippen molar-refractivity contribution in [3.8, 4) is 17.6 Å². The molecule has 4 rings (SSSR count). The summed E-state index contributed by atoms with van der Waals surface area (Å²) in [6.07, 6.45) is 3.10. The van der Waals surface area contributed by atoms with Crippen molar-refractivity contribution in [1.82, 2.24) is 4.90 Å². The van der Waals surface area contributed by atoms with E-state index in [-0.39, 0.29) is 18.2 Å². The Labute approximate surface area is 160 Å². The highest BCUT2D eigenvalue weighted by molar-refractivity contribution is 5.48. The molecule has 1 heterocycles. The average molecular weight is 363 g/mol. The van der Waals surface area contributed by atoms with E-state index in [0.717, 1.165) is 32.4 Å². The molecule has 0 unspecified atom stereocenters. The first-order chi connectivity index (χ1) is 13.2. The molecule has 0 saturated carbocycles. The van der Waals surface area contributed by atoms with Crippen molar-refractivity contribution in [2.45, 2.75) is 37.5 Å². The molecule has 1 fully saturated rings. The predicted molar refractivity (Wildman–Crippen MR) is 104 cm³/mol. The minimum Gasteiger partial charge on any atom is -0.493 e. The molecule has 0 aromatic heterocycles. The molecule has 1 saturated heterocycles. The molecule has 5 heteroatoms. The number of rotatable bonds is 4. The topological polar surface area (TPSA) is 71.5 Å². The van der Waals surface area contributed by atoms with Gasteiger partial charge in [0.25, 0.3) is 0 Å². The monoisotopic (exact) mass is 363 g/mol. The van der Waals surface area contributed by atoms with Crippen LogP contribution < -0.4 is 15.2 Å². The van der Waals surface area contributed by atoms with E-state index in [9.17, 15) is 0 Å². The maximum atomic E-state index is 9.14. The SMILES string of the molecule is COc1cc(C#N)ccc1O[C@@H]1c2ccccc2C[C@H]1N1CCC[C@@H](N)C1. The second-order valence-corrected chi connectivity index (χ2v) is 7.38. The van der Waals surface area contributed by atoms with Crippen LogP contribution in [0.15, 0.2) is 42.5 Å². The van der Waals surface area contributed by atoms with Crippen LogP contribution in [0.5, 0.6) is 11.5 Å². The van der Waals surface area contributed by atoms with E-state index in [2.05, 4.69) is 35.2 Å². The molecule has 5 nitrogen and oxygen atoms in total. The maximum absolute atomic E-state index is 9.14. The van der Waals surface area contributed by atoms with E-state index in [1.165, 1.54) is 11.1 Å². The highest BCUT2D eigenvalue weighted by Gasteiger charge is 2.39. The highest BCUT2D eigenvalue weighted by atomic mass is 16.5. The van der Waals surface area contributed by atoms with Gasteiger partial charge in [0.2, 0.25) is 0 Å². The zero-order valence-electron chi connectivity index (χ0n) is 15.6.